The SMILES string of the molecule is FC(F)(F)Sc1[c]ccc(C(F)(C(F)(F)F)C(F)(F)F)c1. The molecule has 1 aromatic rings. The Morgan fingerprint density at radius 1 is 0.810 bits per heavy atom. The fourth-order valence-electron chi connectivity index (χ4n) is 1.33. The lowest BCUT2D eigenvalue weighted by Crippen LogP contribution is -2.50. The van der Waals surface area contributed by atoms with Gasteiger partial charge >= 0.3 is 23.5 Å². The summed E-state index contributed by atoms with van der Waals surface area (Å²) in [6.45, 7) is 0. The van der Waals surface area contributed by atoms with Crippen molar-refractivity contribution in [3.8, 4) is 0 Å². The van der Waals surface area contributed by atoms with E-state index in [4.69, 9.17) is 0 Å². The topological polar surface area (TPSA) is 0 Å². The Morgan fingerprint density at radius 2 is 1.29 bits per heavy atom. The van der Waals surface area contributed by atoms with E-state index < -0.39 is 45.8 Å². The summed E-state index contributed by atoms with van der Waals surface area (Å²) in [7, 11) is 0. The first kappa shape index (κ1) is 17.9. The Balaban J connectivity index is 3.39. The molecule has 0 bridgehead atoms. The first-order valence-electron chi connectivity index (χ1n) is 4.79. The quantitative estimate of drug-likeness (QED) is 0.512. The molecule has 1 rings (SSSR count). The van der Waals surface area contributed by atoms with E-state index in [1.807, 2.05) is 0 Å². The van der Waals surface area contributed by atoms with Crippen LogP contribution in [0.1, 0.15) is 5.56 Å². The van der Waals surface area contributed by atoms with Gasteiger partial charge in [0.15, 0.2) is 0 Å². The fraction of sp³-hybridized carbons (Fsp3) is 0.400. The molecule has 11 heteroatoms. The van der Waals surface area contributed by atoms with Crippen LogP contribution in [0.2, 0.25) is 0 Å². The first-order chi connectivity index (χ1) is 9.18. The summed E-state index contributed by atoms with van der Waals surface area (Å²) < 4.78 is 124. The number of thioether (sulfide) groups is 1. The fourth-order valence-corrected chi connectivity index (χ4v) is 1.89. The number of alkyl halides is 10. The van der Waals surface area contributed by atoms with Gasteiger partial charge in [-0.1, -0.05) is 12.1 Å². The molecule has 0 N–H and O–H groups in total. The molecule has 0 saturated carbocycles. The van der Waals surface area contributed by atoms with Crippen molar-refractivity contribution >= 4 is 11.8 Å². The summed E-state index contributed by atoms with van der Waals surface area (Å²) in [5, 5.41) is 0. The van der Waals surface area contributed by atoms with Gasteiger partial charge in [-0.2, -0.15) is 39.5 Å². The molecule has 21 heavy (non-hydrogen) atoms. The zero-order valence-electron chi connectivity index (χ0n) is 9.42. The van der Waals surface area contributed by atoms with Gasteiger partial charge in [0.1, 0.15) is 0 Å². The predicted octanol–water partition coefficient (Wildman–Crippen LogP) is 5.39. The lowest BCUT2D eigenvalue weighted by atomic mass is 9.94. The largest absolute Gasteiger partial charge is 0.446 e. The number of halogens is 10. The van der Waals surface area contributed by atoms with E-state index in [0.717, 1.165) is 0 Å². The number of hydrogen-bond acceptors (Lipinski definition) is 1. The summed E-state index contributed by atoms with van der Waals surface area (Å²) in [5.74, 6) is 0. The minimum Gasteiger partial charge on any atom is -0.218 e. The number of rotatable bonds is 2. The number of hydrogen-bond donors (Lipinski definition) is 0. The van der Waals surface area contributed by atoms with Crippen LogP contribution >= 0.6 is 11.8 Å². The van der Waals surface area contributed by atoms with E-state index >= 15 is 0 Å². The summed E-state index contributed by atoms with van der Waals surface area (Å²) in [4.78, 5) is -1.12. The molecule has 1 radical (unpaired) electrons. The van der Waals surface area contributed by atoms with Crippen LogP contribution in [0.15, 0.2) is 23.1 Å². The second-order valence-electron chi connectivity index (χ2n) is 3.64. The minimum absolute atomic E-state index is 0.0708. The Labute approximate surface area is 115 Å². The third-order valence-corrected chi connectivity index (χ3v) is 2.87. The van der Waals surface area contributed by atoms with Crippen LogP contribution in [0.4, 0.5) is 43.9 Å². The second-order valence-corrected chi connectivity index (χ2v) is 4.75. The summed E-state index contributed by atoms with van der Waals surface area (Å²) in [6, 6.07) is 2.03. The van der Waals surface area contributed by atoms with E-state index in [0.29, 0.717) is 6.07 Å². The molecule has 0 heterocycles. The summed E-state index contributed by atoms with van der Waals surface area (Å²) in [5.41, 5.74) is -12.7. The van der Waals surface area contributed by atoms with Gasteiger partial charge in [-0.05, 0) is 23.9 Å². The van der Waals surface area contributed by atoms with E-state index in [1.54, 1.807) is 6.07 Å². The van der Waals surface area contributed by atoms with Crippen LogP contribution in [-0.2, 0) is 5.67 Å². The molecule has 0 amide bonds. The van der Waals surface area contributed by atoms with Crippen molar-refractivity contribution in [1.82, 2.24) is 0 Å². The molecule has 119 valence electrons. The van der Waals surface area contributed by atoms with Crippen LogP contribution in [0.25, 0.3) is 0 Å². The lowest BCUT2D eigenvalue weighted by Gasteiger charge is -2.30. The van der Waals surface area contributed by atoms with Crippen LogP contribution in [0.3, 0.4) is 0 Å². The van der Waals surface area contributed by atoms with Crippen LogP contribution < -0.4 is 0 Å². The molecule has 1 aromatic carbocycles. The highest BCUT2D eigenvalue weighted by Gasteiger charge is 2.73. The summed E-state index contributed by atoms with van der Waals surface area (Å²) in [6.07, 6.45) is -12.8. The molecular formula is C10H3F10S. The van der Waals surface area contributed by atoms with Gasteiger partial charge in [-0.15, -0.1) is 0 Å². The molecule has 0 saturated heterocycles. The van der Waals surface area contributed by atoms with E-state index in [-0.39, 0.29) is 12.1 Å². The minimum atomic E-state index is -6.38. The van der Waals surface area contributed by atoms with Gasteiger partial charge in [0, 0.05) is 10.5 Å². The normalized spacial score (nSPS) is 14.4. The van der Waals surface area contributed by atoms with Crippen molar-refractivity contribution in [3.05, 3.63) is 29.8 Å². The molecule has 0 nitrogen and oxygen atoms in total. The molecule has 0 aliphatic rings. The van der Waals surface area contributed by atoms with Gasteiger partial charge in [0.2, 0.25) is 0 Å². The zero-order chi connectivity index (χ0) is 16.7. The Kier molecular flexibility index (Phi) is 4.48. The monoisotopic (exact) mass is 345 g/mol. The second kappa shape index (κ2) is 5.25. The maximum absolute atomic E-state index is 13.6. The third-order valence-electron chi connectivity index (χ3n) is 2.18. The maximum Gasteiger partial charge on any atom is 0.446 e. The average molecular weight is 345 g/mol. The standard InChI is InChI=1S/C10H3F10S/c11-7(8(12,13)14,9(15,16)17)5-2-1-3-6(4-5)21-10(18,19)20/h1-2,4H. The van der Waals surface area contributed by atoms with Crippen LogP contribution in [0.5, 0.6) is 0 Å². The van der Waals surface area contributed by atoms with Crippen LogP contribution in [-0.4, -0.2) is 17.9 Å². The molecule has 0 aliphatic carbocycles. The molecule has 0 fully saturated rings. The van der Waals surface area contributed by atoms with Crippen molar-refractivity contribution < 1.29 is 43.9 Å². The van der Waals surface area contributed by atoms with Crippen molar-refractivity contribution in [2.24, 2.45) is 0 Å². The van der Waals surface area contributed by atoms with Gasteiger partial charge in [0.05, 0.1) is 0 Å². The van der Waals surface area contributed by atoms with Crippen molar-refractivity contribution in [2.75, 3.05) is 0 Å². The van der Waals surface area contributed by atoms with Crippen molar-refractivity contribution in [1.29, 1.82) is 0 Å². The molecule has 0 aliphatic heterocycles. The van der Waals surface area contributed by atoms with Gasteiger partial charge < -0.3 is 0 Å². The summed E-state index contributed by atoms with van der Waals surface area (Å²) >= 11 is -1.00. The Hall–Kier alpha value is -1.13. The van der Waals surface area contributed by atoms with Crippen molar-refractivity contribution in [3.63, 3.8) is 0 Å². The maximum atomic E-state index is 13.6. The zero-order valence-corrected chi connectivity index (χ0v) is 10.2. The van der Waals surface area contributed by atoms with Gasteiger partial charge in [-0.25, -0.2) is 4.39 Å². The van der Waals surface area contributed by atoms with Gasteiger partial charge in [-0.3, -0.25) is 0 Å². The first-order valence-corrected chi connectivity index (χ1v) is 5.60. The third kappa shape index (κ3) is 3.74. The van der Waals surface area contributed by atoms with Crippen molar-refractivity contribution in [2.45, 2.75) is 28.4 Å². The van der Waals surface area contributed by atoms with E-state index in [2.05, 4.69) is 0 Å². The number of benzene rings is 1. The van der Waals surface area contributed by atoms with Crippen LogP contribution in [0, 0.1) is 6.07 Å². The average Bonchev–Trinajstić information content (AvgIpc) is 2.22. The molecule has 0 unspecified atom stereocenters. The molecule has 0 atom stereocenters. The van der Waals surface area contributed by atoms with E-state index in [9.17, 15) is 43.9 Å². The molecule has 0 spiro atoms. The lowest BCUT2D eigenvalue weighted by molar-refractivity contribution is -0.348. The predicted molar refractivity (Wildman–Crippen MR) is 52.1 cm³/mol. The highest BCUT2D eigenvalue weighted by atomic mass is 32.2. The Bertz CT molecular complexity index is 484. The van der Waals surface area contributed by atoms with Gasteiger partial charge in [0.25, 0.3) is 0 Å². The highest BCUT2D eigenvalue weighted by molar-refractivity contribution is 8.00. The molecule has 0 aromatic heterocycles. The molecular weight excluding hydrogens is 342 g/mol. The Morgan fingerprint density at radius 3 is 1.67 bits per heavy atom. The highest BCUT2D eigenvalue weighted by Crippen LogP contribution is 2.53. The smallest absolute Gasteiger partial charge is 0.218 e. The van der Waals surface area contributed by atoms with E-state index in [1.165, 1.54) is 0 Å².